The highest BCUT2D eigenvalue weighted by Crippen LogP contribution is 2.35. The molecule has 0 aromatic carbocycles. The van der Waals surface area contributed by atoms with Gasteiger partial charge in [0.1, 0.15) is 11.6 Å². The number of hydrogen-bond acceptors (Lipinski definition) is 6. The molecule has 1 saturated carbocycles. The van der Waals surface area contributed by atoms with Crippen LogP contribution in [-0.2, 0) is 6.42 Å². The van der Waals surface area contributed by atoms with Gasteiger partial charge >= 0.3 is 0 Å². The van der Waals surface area contributed by atoms with Gasteiger partial charge in [0.15, 0.2) is 0 Å². The molecule has 5 nitrogen and oxygen atoms in total. The highest BCUT2D eigenvalue weighted by molar-refractivity contribution is 7.09. The fourth-order valence-corrected chi connectivity index (χ4v) is 3.09. The molecule has 0 bridgehead atoms. The van der Waals surface area contributed by atoms with E-state index in [-0.39, 0.29) is 24.8 Å². The van der Waals surface area contributed by atoms with Crippen molar-refractivity contribution in [2.75, 3.05) is 11.9 Å². The molecule has 2 aromatic heterocycles. The molecule has 1 fully saturated rings. The van der Waals surface area contributed by atoms with Gasteiger partial charge in [-0.05, 0) is 19.8 Å². The standard InChI is InChI=1S/C14H19N5S.2ClH/c1-9-18-12(10-6-11(15)7-10)8-13(19-9)16-3-2-14-17-4-5-20-14;;/h4-5,8,10-11H,2-3,6-7,15H2,1H3,(H,16,18,19);2*1H. The maximum atomic E-state index is 5.85. The topological polar surface area (TPSA) is 76.7 Å². The molecule has 0 unspecified atom stereocenters. The van der Waals surface area contributed by atoms with E-state index in [4.69, 9.17) is 5.73 Å². The van der Waals surface area contributed by atoms with Crippen LogP contribution >= 0.6 is 36.2 Å². The maximum Gasteiger partial charge on any atom is 0.129 e. The summed E-state index contributed by atoms with van der Waals surface area (Å²) in [6.45, 7) is 2.78. The fraction of sp³-hybridized carbons (Fsp3) is 0.500. The van der Waals surface area contributed by atoms with Crippen LogP contribution in [0.1, 0.15) is 35.3 Å². The number of thiazole rings is 1. The van der Waals surface area contributed by atoms with Crippen molar-refractivity contribution in [2.45, 2.75) is 38.1 Å². The van der Waals surface area contributed by atoms with Crippen LogP contribution < -0.4 is 11.1 Å². The molecule has 22 heavy (non-hydrogen) atoms. The predicted molar refractivity (Wildman–Crippen MR) is 95.5 cm³/mol. The second-order valence-corrected chi connectivity index (χ2v) is 6.24. The van der Waals surface area contributed by atoms with Gasteiger partial charge in [-0.2, -0.15) is 0 Å². The number of aromatic nitrogens is 3. The normalized spacial score (nSPS) is 19.5. The van der Waals surface area contributed by atoms with Gasteiger partial charge in [0.05, 0.1) is 5.01 Å². The predicted octanol–water partition coefficient (Wildman–Crippen LogP) is 2.94. The average Bonchev–Trinajstić information content (AvgIpc) is 2.87. The van der Waals surface area contributed by atoms with E-state index in [1.54, 1.807) is 11.3 Å². The summed E-state index contributed by atoms with van der Waals surface area (Å²) >= 11 is 1.68. The first-order chi connectivity index (χ1) is 9.70. The maximum absolute atomic E-state index is 5.85. The molecule has 0 aliphatic heterocycles. The molecule has 0 saturated heterocycles. The van der Waals surface area contributed by atoms with Gasteiger partial charge in [0.25, 0.3) is 0 Å². The molecular weight excluding hydrogens is 341 g/mol. The van der Waals surface area contributed by atoms with Crippen LogP contribution in [0.2, 0.25) is 0 Å². The quantitative estimate of drug-likeness (QED) is 0.855. The van der Waals surface area contributed by atoms with Gasteiger partial charge in [-0.25, -0.2) is 15.0 Å². The van der Waals surface area contributed by atoms with Gasteiger partial charge in [0.2, 0.25) is 0 Å². The van der Waals surface area contributed by atoms with Crippen molar-refractivity contribution < 1.29 is 0 Å². The van der Waals surface area contributed by atoms with Gasteiger partial charge in [-0.15, -0.1) is 36.2 Å². The van der Waals surface area contributed by atoms with Crippen LogP contribution in [0.25, 0.3) is 0 Å². The van der Waals surface area contributed by atoms with E-state index in [0.29, 0.717) is 12.0 Å². The monoisotopic (exact) mass is 361 g/mol. The van der Waals surface area contributed by atoms with Crippen LogP contribution in [0, 0.1) is 6.92 Å². The second-order valence-electron chi connectivity index (χ2n) is 5.26. The Morgan fingerprint density at radius 1 is 1.32 bits per heavy atom. The molecule has 3 N–H and O–H groups in total. The van der Waals surface area contributed by atoms with Crippen molar-refractivity contribution in [3.05, 3.63) is 34.2 Å². The van der Waals surface area contributed by atoms with E-state index in [0.717, 1.165) is 48.2 Å². The minimum absolute atomic E-state index is 0. The number of rotatable bonds is 5. The zero-order valence-corrected chi connectivity index (χ0v) is 14.8. The molecule has 3 rings (SSSR count). The summed E-state index contributed by atoms with van der Waals surface area (Å²) in [6, 6.07) is 2.40. The lowest BCUT2D eigenvalue weighted by Gasteiger charge is -2.32. The van der Waals surface area contributed by atoms with E-state index in [2.05, 4.69) is 26.3 Å². The molecule has 0 spiro atoms. The first-order valence-electron chi connectivity index (χ1n) is 6.94. The highest BCUT2D eigenvalue weighted by atomic mass is 35.5. The lowest BCUT2D eigenvalue weighted by Crippen LogP contribution is -2.35. The summed E-state index contributed by atoms with van der Waals surface area (Å²) in [5.74, 6) is 2.23. The van der Waals surface area contributed by atoms with Gasteiger partial charge < -0.3 is 11.1 Å². The number of nitrogens with two attached hydrogens (primary N) is 1. The number of anilines is 1. The van der Waals surface area contributed by atoms with Crippen LogP contribution in [0.5, 0.6) is 0 Å². The molecule has 122 valence electrons. The summed E-state index contributed by atoms with van der Waals surface area (Å²) in [7, 11) is 0. The summed E-state index contributed by atoms with van der Waals surface area (Å²) in [5, 5.41) is 6.51. The van der Waals surface area contributed by atoms with Crippen molar-refractivity contribution in [1.82, 2.24) is 15.0 Å². The first kappa shape index (κ1) is 19.1. The number of hydrogen-bond donors (Lipinski definition) is 2. The number of nitrogens with zero attached hydrogens (tertiary/aromatic N) is 3. The molecule has 2 aromatic rings. The summed E-state index contributed by atoms with van der Waals surface area (Å²) in [5.41, 5.74) is 6.97. The summed E-state index contributed by atoms with van der Waals surface area (Å²) in [6.07, 6.45) is 4.83. The van der Waals surface area contributed by atoms with Crippen LogP contribution in [0.4, 0.5) is 5.82 Å². The molecule has 0 amide bonds. The molecule has 2 heterocycles. The molecule has 0 atom stereocenters. The molecule has 0 radical (unpaired) electrons. The van der Waals surface area contributed by atoms with Crippen molar-refractivity contribution in [1.29, 1.82) is 0 Å². The molecule has 8 heteroatoms. The van der Waals surface area contributed by atoms with Crippen molar-refractivity contribution >= 4 is 42.0 Å². The smallest absolute Gasteiger partial charge is 0.129 e. The SMILES string of the molecule is Cc1nc(NCCc2nccs2)cc(C2CC(N)C2)n1.Cl.Cl. The average molecular weight is 362 g/mol. The van der Waals surface area contributed by atoms with E-state index in [1.165, 1.54) is 0 Å². The van der Waals surface area contributed by atoms with E-state index >= 15 is 0 Å². The van der Waals surface area contributed by atoms with Gasteiger partial charge in [-0.1, -0.05) is 0 Å². The van der Waals surface area contributed by atoms with E-state index in [1.807, 2.05) is 18.5 Å². The minimum atomic E-state index is 0. The number of halogens is 2. The van der Waals surface area contributed by atoms with Crippen LogP contribution in [0.15, 0.2) is 17.6 Å². The van der Waals surface area contributed by atoms with Crippen molar-refractivity contribution in [3.8, 4) is 0 Å². The number of aryl methyl sites for hydroxylation is 1. The Bertz CT molecular complexity index is 573. The van der Waals surface area contributed by atoms with Gasteiger partial charge in [-0.3, -0.25) is 0 Å². The van der Waals surface area contributed by atoms with Crippen molar-refractivity contribution in [2.24, 2.45) is 5.73 Å². The summed E-state index contributed by atoms with van der Waals surface area (Å²) in [4.78, 5) is 13.2. The lowest BCUT2D eigenvalue weighted by molar-refractivity contribution is 0.344. The fourth-order valence-electron chi connectivity index (χ4n) is 2.47. The molecular formula is C14H21Cl2N5S. The highest BCUT2D eigenvalue weighted by Gasteiger charge is 2.28. The largest absolute Gasteiger partial charge is 0.370 e. The Hall–Kier alpha value is -0.950. The first-order valence-corrected chi connectivity index (χ1v) is 7.82. The van der Waals surface area contributed by atoms with E-state index in [9.17, 15) is 0 Å². The third-order valence-corrected chi connectivity index (χ3v) is 4.42. The third kappa shape index (κ3) is 4.78. The van der Waals surface area contributed by atoms with Crippen LogP contribution in [0.3, 0.4) is 0 Å². The molecule has 1 aliphatic carbocycles. The molecule has 1 aliphatic rings. The zero-order valence-electron chi connectivity index (χ0n) is 12.4. The lowest BCUT2D eigenvalue weighted by atomic mass is 9.78. The summed E-state index contributed by atoms with van der Waals surface area (Å²) < 4.78 is 0. The Morgan fingerprint density at radius 2 is 2.09 bits per heavy atom. The second kappa shape index (κ2) is 8.62. The Balaban J connectivity index is 0.00000121. The number of nitrogens with one attached hydrogen (secondary N) is 1. The zero-order chi connectivity index (χ0) is 13.9. The third-order valence-electron chi connectivity index (χ3n) is 3.58. The van der Waals surface area contributed by atoms with Crippen molar-refractivity contribution in [3.63, 3.8) is 0 Å². The van der Waals surface area contributed by atoms with E-state index < -0.39 is 0 Å². The van der Waals surface area contributed by atoms with Crippen LogP contribution in [-0.4, -0.2) is 27.5 Å². The Labute approximate surface area is 147 Å². The minimum Gasteiger partial charge on any atom is -0.370 e. The Morgan fingerprint density at radius 3 is 2.73 bits per heavy atom. The van der Waals surface area contributed by atoms with Gasteiger partial charge in [0, 0.05) is 48.3 Å². The Kier molecular flexibility index (Phi) is 7.48.